The van der Waals surface area contributed by atoms with Gasteiger partial charge in [0.05, 0.1) is 36.5 Å². The van der Waals surface area contributed by atoms with Crippen molar-refractivity contribution in [3.63, 3.8) is 0 Å². The highest BCUT2D eigenvalue weighted by molar-refractivity contribution is 5.72. The number of morpholine rings is 1. The minimum Gasteiger partial charge on any atom is -0.378 e. The van der Waals surface area contributed by atoms with Crippen molar-refractivity contribution < 1.29 is 4.74 Å². The first-order valence-corrected chi connectivity index (χ1v) is 10.2. The zero-order valence-corrected chi connectivity index (χ0v) is 18.0. The van der Waals surface area contributed by atoms with Crippen molar-refractivity contribution >= 4 is 29.5 Å². The van der Waals surface area contributed by atoms with E-state index < -0.39 is 0 Å². The van der Waals surface area contributed by atoms with Crippen LogP contribution in [0.4, 0.5) is 23.4 Å². The Kier molecular flexibility index (Phi) is 6.03. The quantitative estimate of drug-likeness (QED) is 0.644. The smallest absolute Gasteiger partial charge is 0.228 e. The van der Waals surface area contributed by atoms with Crippen molar-refractivity contribution in [1.82, 2.24) is 24.9 Å². The Morgan fingerprint density at radius 3 is 2.48 bits per heavy atom. The van der Waals surface area contributed by atoms with Crippen molar-refractivity contribution in [3.8, 4) is 11.3 Å². The van der Waals surface area contributed by atoms with Crippen LogP contribution in [0.25, 0.3) is 17.3 Å². The average molecular weight is 419 g/mol. The van der Waals surface area contributed by atoms with Crippen molar-refractivity contribution in [2.24, 2.45) is 0 Å². The topological polar surface area (TPSA) is 115 Å². The molecule has 1 aliphatic rings. The Morgan fingerprint density at radius 1 is 1.06 bits per heavy atom. The van der Waals surface area contributed by atoms with Crippen LogP contribution in [0.2, 0.25) is 0 Å². The van der Waals surface area contributed by atoms with E-state index in [9.17, 15) is 0 Å². The fourth-order valence-corrected chi connectivity index (χ4v) is 3.40. The predicted molar refractivity (Wildman–Crippen MR) is 122 cm³/mol. The molecule has 0 radical (unpaired) electrons. The molecule has 3 N–H and O–H groups in total. The van der Waals surface area contributed by atoms with Crippen molar-refractivity contribution in [2.75, 3.05) is 42.3 Å². The van der Waals surface area contributed by atoms with Crippen LogP contribution in [0, 0.1) is 13.8 Å². The summed E-state index contributed by atoms with van der Waals surface area (Å²) in [7, 11) is 0. The number of pyridine rings is 1. The first kappa shape index (κ1) is 20.7. The fraction of sp³-hybridized carbons (Fsp3) is 0.318. The third kappa shape index (κ3) is 4.61. The van der Waals surface area contributed by atoms with Crippen molar-refractivity contribution in [2.45, 2.75) is 20.8 Å². The zero-order valence-electron chi connectivity index (χ0n) is 18.0. The molecular formula is C22H26N8O. The first-order chi connectivity index (χ1) is 15.0. The lowest BCUT2D eigenvalue weighted by Gasteiger charge is -2.28. The highest BCUT2D eigenvalue weighted by atomic mass is 16.5. The molecule has 1 saturated heterocycles. The van der Waals surface area contributed by atoms with Crippen LogP contribution < -0.4 is 16.0 Å². The molecule has 0 aromatic carbocycles. The van der Waals surface area contributed by atoms with Gasteiger partial charge >= 0.3 is 0 Å². The van der Waals surface area contributed by atoms with Gasteiger partial charge in [-0.25, -0.2) is 15.0 Å². The van der Waals surface area contributed by atoms with E-state index in [4.69, 9.17) is 20.4 Å². The van der Waals surface area contributed by atoms with Gasteiger partial charge in [-0.05, 0) is 38.5 Å². The molecule has 0 spiro atoms. The van der Waals surface area contributed by atoms with Crippen LogP contribution in [-0.4, -0.2) is 51.2 Å². The van der Waals surface area contributed by atoms with E-state index in [1.807, 2.05) is 39.1 Å². The Morgan fingerprint density at radius 2 is 1.81 bits per heavy atom. The van der Waals surface area contributed by atoms with Crippen LogP contribution in [-0.2, 0) is 4.74 Å². The van der Waals surface area contributed by atoms with Gasteiger partial charge in [0.2, 0.25) is 11.9 Å². The second-order valence-corrected chi connectivity index (χ2v) is 7.33. The number of hydrogen-bond acceptors (Lipinski definition) is 9. The largest absolute Gasteiger partial charge is 0.378 e. The number of nitrogens with one attached hydrogen (secondary N) is 1. The molecule has 160 valence electrons. The molecule has 0 aliphatic carbocycles. The summed E-state index contributed by atoms with van der Waals surface area (Å²) >= 11 is 0. The molecule has 3 aromatic rings. The molecule has 31 heavy (non-hydrogen) atoms. The van der Waals surface area contributed by atoms with Gasteiger partial charge in [0.25, 0.3) is 0 Å². The van der Waals surface area contributed by atoms with Crippen LogP contribution in [0.5, 0.6) is 0 Å². The molecule has 9 heteroatoms. The molecule has 0 bridgehead atoms. The summed E-state index contributed by atoms with van der Waals surface area (Å²) in [5.41, 5.74) is 11.0. The van der Waals surface area contributed by atoms with Gasteiger partial charge in [-0.2, -0.15) is 4.98 Å². The first-order valence-electron chi connectivity index (χ1n) is 10.2. The maximum Gasteiger partial charge on any atom is 0.228 e. The maximum atomic E-state index is 5.67. The number of hydrogen-bond donors (Lipinski definition) is 2. The summed E-state index contributed by atoms with van der Waals surface area (Å²) in [5.74, 6) is 1.58. The number of nitrogens with two attached hydrogens (primary N) is 1. The Labute approximate surface area is 181 Å². The summed E-state index contributed by atoms with van der Waals surface area (Å²) in [4.78, 5) is 24.6. The number of aromatic nitrogens is 5. The van der Waals surface area contributed by atoms with Crippen LogP contribution in [0.3, 0.4) is 0 Å². The number of allylic oxidation sites excluding steroid dienone is 1. The fourth-order valence-electron chi connectivity index (χ4n) is 3.40. The minimum atomic E-state index is 0.227. The van der Waals surface area contributed by atoms with E-state index in [1.54, 1.807) is 12.4 Å². The van der Waals surface area contributed by atoms with Gasteiger partial charge in [0.1, 0.15) is 5.82 Å². The van der Waals surface area contributed by atoms with Gasteiger partial charge in [-0.3, -0.25) is 4.98 Å². The standard InChI is InChI=1S/C22H26N8O/c1-4-5-18-14(2)10-17(13-24-18)27-20-15(3)19(16-11-25-21(23)26-12-16)28-22(29-20)30-6-8-31-9-7-30/h4-5,10-13H,6-9H2,1-3H3,(H2,23,25,26)(H,27,28,29)/b5-4-. The molecule has 9 nitrogen and oxygen atoms in total. The third-order valence-electron chi connectivity index (χ3n) is 5.08. The van der Waals surface area contributed by atoms with E-state index in [0.717, 1.165) is 46.9 Å². The maximum absolute atomic E-state index is 5.67. The van der Waals surface area contributed by atoms with E-state index >= 15 is 0 Å². The highest BCUT2D eigenvalue weighted by Crippen LogP contribution is 2.30. The molecule has 0 saturated carbocycles. The van der Waals surface area contributed by atoms with Gasteiger partial charge in [-0.1, -0.05) is 6.08 Å². The molecule has 4 rings (SSSR count). The normalized spacial score (nSPS) is 14.2. The average Bonchev–Trinajstić information content (AvgIpc) is 2.78. The number of aryl methyl sites for hydroxylation is 1. The summed E-state index contributed by atoms with van der Waals surface area (Å²) in [5, 5.41) is 3.42. The summed E-state index contributed by atoms with van der Waals surface area (Å²) in [6.45, 7) is 8.76. The van der Waals surface area contributed by atoms with E-state index in [2.05, 4.69) is 31.2 Å². The van der Waals surface area contributed by atoms with Crippen molar-refractivity contribution in [3.05, 3.63) is 47.6 Å². The van der Waals surface area contributed by atoms with Gasteiger partial charge in [0, 0.05) is 36.6 Å². The molecule has 1 fully saturated rings. The predicted octanol–water partition coefficient (Wildman–Crippen LogP) is 3.14. The monoisotopic (exact) mass is 418 g/mol. The minimum absolute atomic E-state index is 0.227. The molecule has 3 aromatic heterocycles. The highest BCUT2D eigenvalue weighted by Gasteiger charge is 2.19. The third-order valence-corrected chi connectivity index (χ3v) is 5.08. The lowest BCUT2D eigenvalue weighted by atomic mass is 10.1. The SMILES string of the molecule is C/C=C\c1ncc(Nc2nc(N3CCOCC3)nc(-c3cnc(N)nc3)c2C)cc1C. The van der Waals surface area contributed by atoms with E-state index in [-0.39, 0.29) is 5.95 Å². The van der Waals surface area contributed by atoms with Gasteiger partial charge in [0.15, 0.2) is 0 Å². The lowest BCUT2D eigenvalue weighted by molar-refractivity contribution is 0.122. The number of nitrogens with zero attached hydrogens (tertiary/aromatic N) is 6. The molecule has 0 unspecified atom stereocenters. The second kappa shape index (κ2) is 9.05. The van der Waals surface area contributed by atoms with Gasteiger partial charge in [-0.15, -0.1) is 0 Å². The Balaban J connectivity index is 1.76. The van der Waals surface area contributed by atoms with Crippen LogP contribution in [0.1, 0.15) is 23.7 Å². The summed E-state index contributed by atoms with van der Waals surface area (Å²) in [6, 6.07) is 2.06. The Hall–Kier alpha value is -3.59. The van der Waals surface area contributed by atoms with E-state index in [1.165, 1.54) is 0 Å². The zero-order chi connectivity index (χ0) is 21.8. The second-order valence-electron chi connectivity index (χ2n) is 7.33. The number of nitrogen functional groups attached to an aromatic ring is 1. The number of anilines is 4. The molecule has 0 amide bonds. The van der Waals surface area contributed by atoms with Crippen molar-refractivity contribution in [1.29, 1.82) is 0 Å². The van der Waals surface area contributed by atoms with Crippen LogP contribution >= 0.6 is 0 Å². The van der Waals surface area contributed by atoms with Gasteiger partial charge < -0.3 is 20.7 Å². The van der Waals surface area contributed by atoms with Crippen LogP contribution in [0.15, 0.2) is 30.7 Å². The number of ether oxygens (including phenoxy) is 1. The summed E-state index contributed by atoms with van der Waals surface area (Å²) in [6.07, 6.45) is 9.14. The molecule has 0 atom stereocenters. The lowest BCUT2D eigenvalue weighted by Crippen LogP contribution is -2.37. The summed E-state index contributed by atoms with van der Waals surface area (Å²) < 4.78 is 5.48. The molecule has 4 heterocycles. The number of rotatable bonds is 5. The Bertz CT molecular complexity index is 1090. The molecule has 1 aliphatic heterocycles. The van der Waals surface area contributed by atoms with E-state index in [0.29, 0.717) is 25.0 Å². The molecular weight excluding hydrogens is 392 g/mol.